The molecule has 4 aromatic rings. The lowest BCUT2D eigenvalue weighted by Crippen LogP contribution is -2.39. The molecule has 1 saturated heterocycles. The van der Waals surface area contributed by atoms with E-state index in [1.807, 2.05) is 34.0 Å². The molecule has 4 N–H and O–H groups in total. The topological polar surface area (TPSA) is 124 Å². The summed E-state index contributed by atoms with van der Waals surface area (Å²) in [4.78, 5) is 17.9. The minimum atomic E-state index is 0.406. The highest BCUT2D eigenvalue weighted by Crippen LogP contribution is 2.35. The van der Waals surface area contributed by atoms with Crippen molar-refractivity contribution in [1.29, 1.82) is 5.41 Å². The highest BCUT2D eigenvalue weighted by Gasteiger charge is 2.24. The van der Waals surface area contributed by atoms with Crippen LogP contribution < -0.4 is 5.32 Å². The fourth-order valence-electron chi connectivity index (χ4n) is 4.17. The number of nitrogens with zero attached hydrogens (tertiary/aromatic N) is 5. The minimum absolute atomic E-state index is 0.406. The number of hydrogen-bond acceptors (Lipinski definition) is 6. The zero-order chi connectivity index (χ0) is 23.8. The monoisotopic (exact) mass is 491 g/mol. The molecule has 1 aliphatic heterocycles. The number of para-hydroxylation sites is 1. The van der Waals surface area contributed by atoms with Crippen LogP contribution in [0.2, 0.25) is 5.02 Å². The summed E-state index contributed by atoms with van der Waals surface area (Å²) >= 11 is 6.29. The van der Waals surface area contributed by atoms with Crippen LogP contribution in [0.4, 0.5) is 0 Å². The first-order valence-corrected chi connectivity index (χ1v) is 12.1. The van der Waals surface area contributed by atoms with Crippen molar-refractivity contribution in [2.45, 2.75) is 25.4 Å². The molecular weight excluding hydrogens is 466 g/mol. The van der Waals surface area contributed by atoms with Crippen LogP contribution in [0.1, 0.15) is 30.5 Å². The Bertz CT molecular complexity index is 1390. The van der Waals surface area contributed by atoms with Crippen LogP contribution >= 0.6 is 11.6 Å². The van der Waals surface area contributed by atoms with Gasteiger partial charge in [-0.05, 0) is 25.0 Å². The molecule has 11 heteroatoms. The number of imidazole rings is 2. The highest BCUT2D eigenvalue weighted by atomic mass is 35.5. The molecule has 0 atom stereocenters. The SMILES string of the molecule is N=C(/C=C(/NCc1nc2c(Cl)cccc2[nH]1)c1ncc(-c2cnn(C3CC3)c2)[nH]1)N1CCOCC1. The van der Waals surface area contributed by atoms with Gasteiger partial charge in [-0.25, -0.2) is 9.97 Å². The summed E-state index contributed by atoms with van der Waals surface area (Å²) in [7, 11) is 0. The quantitative estimate of drug-likeness (QED) is 0.231. The van der Waals surface area contributed by atoms with Crippen molar-refractivity contribution >= 4 is 34.2 Å². The van der Waals surface area contributed by atoms with Crippen molar-refractivity contribution in [2.24, 2.45) is 0 Å². The molecule has 3 aromatic heterocycles. The van der Waals surface area contributed by atoms with Gasteiger partial charge in [0.15, 0.2) is 5.82 Å². The van der Waals surface area contributed by atoms with Crippen LogP contribution in [-0.2, 0) is 11.3 Å². The van der Waals surface area contributed by atoms with Gasteiger partial charge >= 0.3 is 0 Å². The number of H-pyrrole nitrogens is 2. The number of fused-ring (bicyclic) bond motifs is 1. The van der Waals surface area contributed by atoms with Crippen molar-refractivity contribution in [3.8, 4) is 11.3 Å². The number of rotatable bonds is 7. The normalized spacial score (nSPS) is 16.7. The smallest absolute Gasteiger partial charge is 0.154 e. The zero-order valence-electron chi connectivity index (χ0n) is 19.1. The lowest BCUT2D eigenvalue weighted by molar-refractivity contribution is 0.0681. The summed E-state index contributed by atoms with van der Waals surface area (Å²) in [5.41, 5.74) is 4.20. The van der Waals surface area contributed by atoms with Crippen molar-refractivity contribution in [3.05, 3.63) is 59.5 Å². The average molecular weight is 492 g/mol. The molecule has 10 nitrogen and oxygen atoms in total. The van der Waals surface area contributed by atoms with Gasteiger partial charge in [0.25, 0.3) is 0 Å². The van der Waals surface area contributed by atoms with Crippen LogP contribution in [-0.4, -0.2) is 66.8 Å². The van der Waals surface area contributed by atoms with Gasteiger partial charge in [0.05, 0.1) is 60.1 Å². The number of aromatic amines is 2. The lowest BCUT2D eigenvalue weighted by Gasteiger charge is -2.28. The van der Waals surface area contributed by atoms with Gasteiger partial charge in [-0.15, -0.1) is 0 Å². The summed E-state index contributed by atoms with van der Waals surface area (Å²) < 4.78 is 7.45. The average Bonchev–Trinajstić information content (AvgIpc) is 3.26. The molecule has 2 aliphatic rings. The molecule has 4 heterocycles. The zero-order valence-corrected chi connectivity index (χ0v) is 19.8. The van der Waals surface area contributed by atoms with E-state index in [-0.39, 0.29) is 0 Å². The second-order valence-corrected chi connectivity index (χ2v) is 9.21. The number of hydrogen-bond donors (Lipinski definition) is 4. The summed E-state index contributed by atoms with van der Waals surface area (Å²) in [5.74, 6) is 1.80. The van der Waals surface area contributed by atoms with Gasteiger partial charge in [-0.1, -0.05) is 17.7 Å². The molecule has 0 unspecified atom stereocenters. The molecular formula is C24H26ClN9O. The fraction of sp³-hybridized carbons (Fsp3) is 0.333. The Hall–Kier alpha value is -3.63. The molecule has 1 aromatic carbocycles. The predicted octanol–water partition coefficient (Wildman–Crippen LogP) is 3.58. The van der Waals surface area contributed by atoms with Crippen molar-refractivity contribution < 1.29 is 4.74 Å². The Morgan fingerprint density at radius 2 is 2.09 bits per heavy atom. The van der Waals surface area contributed by atoms with Crippen molar-refractivity contribution in [2.75, 3.05) is 26.3 Å². The van der Waals surface area contributed by atoms with E-state index in [9.17, 15) is 0 Å². The Morgan fingerprint density at radius 1 is 1.23 bits per heavy atom. The molecule has 35 heavy (non-hydrogen) atoms. The van der Waals surface area contributed by atoms with Crippen molar-refractivity contribution in [1.82, 2.24) is 39.9 Å². The van der Waals surface area contributed by atoms with Crippen molar-refractivity contribution in [3.63, 3.8) is 0 Å². The largest absolute Gasteiger partial charge is 0.378 e. The van der Waals surface area contributed by atoms with Gasteiger partial charge < -0.3 is 24.9 Å². The van der Waals surface area contributed by atoms with E-state index in [4.69, 9.17) is 21.7 Å². The maximum absolute atomic E-state index is 8.65. The molecule has 2 fully saturated rings. The van der Waals surface area contributed by atoms with Gasteiger partial charge in [0.2, 0.25) is 0 Å². The number of morpholine rings is 1. The highest BCUT2D eigenvalue weighted by molar-refractivity contribution is 6.34. The second kappa shape index (κ2) is 9.20. The van der Waals surface area contributed by atoms with Gasteiger partial charge in [0.1, 0.15) is 17.2 Å². The van der Waals surface area contributed by atoms with Gasteiger partial charge in [-0.2, -0.15) is 5.10 Å². The number of amidine groups is 1. The third-order valence-corrected chi connectivity index (χ3v) is 6.56. The third-order valence-electron chi connectivity index (χ3n) is 6.26. The van der Waals surface area contributed by atoms with E-state index in [2.05, 4.69) is 36.5 Å². The maximum Gasteiger partial charge on any atom is 0.154 e. The van der Waals surface area contributed by atoms with Gasteiger partial charge in [0, 0.05) is 30.9 Å². The molecule has 1 aliphatic carbocycles. The summed E-state index contributed by atoms with van der Waals surface area (Å²) in [6, 6.07) is 6.19. The maximum atomic E-state index is 8.65. The molecule has 1 saturated carbocycles. The summed E-state index contributed by atoms with van der Waals surface area (Å²) in [5, 5.41) is 17.2. The molecule has 0 amide bonds. The first-order chi connectivity index (χ1) is 17.1. The van der Waals surface area contributed by atoms with Gasteiger partial charge in [-0.3, -0.25) is 10.1 Å². The number of benzene rings is 1. The van der Waals surface area contributed by atoms with E-state index in [1.165, 1.54) is 12.8 Å². The van der Waals surface area contributed by atoms with Crippen LogP contribution in [0.5, 0.6) is 0 Å². The molecule has 6 rings (SSSR count). The molecule has 180 valence electrons. The van der Waals surface area contributed by atoms with E-state index >= 15 is 0 Å². The first-order valence-electron chi connectivity index (χ1n) is 11.7. The Balaban J connectivity index is 1.26. The molecule has 0 spiro atoms. The Kier molecular flexibility index (Phi) is 5.75. The lowest BCUT2D eigenvalue weighted by atomic mass is 10.3. The molecule has 0 bridgehead atoms. The number of halogens is 1. The van der Waals surface area contributed by atoms with Crippen LogP contribution in [0.25, 0.3) is 28.0 Å². The summed E-state index contributed by atoms with van der Waals surface area (Å²) in [6.45, 7) is 3.04. The number of ether oxygens (including phenoxy) is 1. The van der Waals surface area contributed by atoms with Crippen LogP contribution in [0.3, 0.4) is 0 Å². The third kappa shape index (κ3) is 4.67. The first kappa shape index (κ1) is 21.9. The van der Waals surface area contributed by atoms with E-state index in [0.29, 0.717) is 61.3 Å². The minimum Gasteiger partial charge on any atom is -0.378 e. The predicted molar refractivity (Wildman–Crippen MR) is 134 cm³/mol. The van der Waals surface area contributed by atoms with Crippen LogP contribution in [0.15, 0.2) is 42.9 Å². The Labute approximate surface area is 206 Å². The fourth-order valence-corrected chi connectivity index (χ4v) is 4.38. The standard InChI is InChI=1S/C24H26ClN9O/c25-17-2-1-3-18-23(17)32-22(30-18)13-27-19(10-21(26)33-6-8-35-9-7-33)24-28-12-20(31-24)15-11-29-34(14-15)16-4-5-16/h1-3,10-12,14,16,26-27H,4-9,13H2,(H,28,31)(H,30,32)/b19-10+,26-21?. The second-order valence-electron chi connectivity index (χ2n) is 8.80. The number of nitrogens with one attached hydrogen (secondary N) is 4. The number of aromatic nitrogens is 6. The molecule has 0 radical (unpaired) electrons. The Morgan fingerprint density at radius 3 is 2.89 bits per heavy atom. The summed E-state index contributed by atoms with van der Waals surface area (Å²) in [6.07, 6.45) is 9.89. The van der Waals surface area contributed by atoms with E-state index in [1.54, 1.807) is 12.3 Å². The van der Waals surface area contributed by atoms with E-state index < -0.39 is 0 Å². The van der Waals surface area contributed by atoms with Crippen LogP contribution in [0, 0.1) is 5.41 Å². The van der Waals surface area contributed by atoms with E-state index in [0.717, 1.165) is 28.1 Å².